The molecule has 0 radical (unpaired) electrons. The van der Waals surface area contributed by atoms with Crippen LogP contribution in [0.1, 0.15) is 39.5 Å². The first-order chi connectivity index (χ1) is 9.44. The number of rotatable bonds is 8. The standard InChI is InChI=1S/C14H26N2O4/c1-4-16(11(2)9-20-3)13(19)15-10-14(6-5-7-14)8-12(17)18/h11H,4-10H2,1-3H3,(H,15,19)(H,17,18). The minimum Gasteiger partial charge on any atom is -0.481 e. The number of methoxy groups -OCH3 is 1. The van der Waals surface area contributed by atoms with Crippen LogP contribution in [0.3, 0.4) is 0 Å². The second-order valence-corrected chi connectivity index (χ2v) is 5.67. The molecule has 1 saturated carbocycles. The van der Waals surface area contributed by atoms with Gasteiger partial charge in [0, 0.05) is 20.2 Å². The van der Waals surface area contributed by atoms with Crippen molar-refractivity contribution in [1.29, 1.82) is 0 Å². The maximum Gasteiger partial charge on any atom is 0.317 e. The molecule has 6 nitrogen and oxygen atoms in total. The number of nitrogens with one attached hydrogen (secondary N) is 1. The van der Waals surface area contributed by atoms with Gasteiger partial charge in [0.15, 0.2) is 0 Å². The number of urea groups is 1. The van der Waals surface area contributed by atoms with Gasteiger partial charge < -0.3 is 20.1 Å². The Morgan fingerprint density at radius 3 is 2.50 bits per heavy atom. The minimum absolute atomic E-state index is 0.00168. The molecule has 0 saturated heterocycles. The fourth-order valence-corrected chi connectivity index (χ4v) is 2.76. The number of hydrogen-bond acceptors (Lipinski definition) is 3. The first-order valence-corrected chi connectivity index (χ1v) is 7.19. The Morgan fingerprint density at radius 2 is 2.10 bits per heavy atom. The largest absolute Gasteiger partial charge is 0.481 e. The molecule has 0 spiro atoms. The first kappa shape index (κ1) is 16.8. The third-order valence-corrected chi connectivity index (χ3v) is 4.10. The molecule has 1 rings (SSSR count). The zero-order chi connectivity index (χ0) is 15.2. The van der Waals surface area contributed by atoms with E-state index in [4.69, 9.17) is 9.84 Å². The molecule has 0 aromatic rings. The molecule has 1 unspecified atom stereocenters. The van der Waals surface area contributed by atoms with Gasteiger partial charge in [-0.2, -0.15) is 0 Å². The van der Waals surface area contributed by atoms with E-state index in [0.717, 1.165) is 19.3 Å². The molecular weight excluding hydrogens is 260 g/mol. The van der Waals surface area contributed by atoms with Crippen LogP contribution in [0.2, 0.25) is 0 Å². The Labute approximate surface area is 120 Å². The number of hydrogen-bond donors (Lipinski definition) is 2. The molecule has 0 heterocycles. The van der Waals surface area contributed by atoms with Gasteiger partial charge in [0.05, 0.1) is 19.1 Å². The van der Waals surface area contributed by atoms with Crippen molar-refractivity contribution < 1.29 is 19.4 Å². The van der Waals surface area contributed by atoms with Crippen molar-refractivity contribution in [3.8, 4) is 0 Å². The number of carbonyl (C=O) groups excluding carboxylic acids is 1. The van der Waals surface area contributed by atoms with E-state index in [2.05, 4.69) is 5.32 Å². The summed E-state index contributed by atoms with van der Waals surface area (Å²) in [6.45, 7) is 5.38. The molecule has 2 amide bonds. The van der Waals surface area contributed by atoms with Gasteiger partial charge in [-0.15, -0.1) is 0 Å². The van der Waals surface area contributed by atoms with Crippen LogP contribution in [0.4, 0.5) is 4.79 Å². The summed E-state index contributed by atoms with van der Waals surface area (Å²) in [4.78, 5) is 24.8. The molecule has 6 heteroatoms. The van der Waals surface area contributed by atoms with Crippen molar-refractivity contribution in [2.75, 3.05) is 26.8 Å². The molecule has 116 valence electrons. The smallest absolute Gasteiger partial charge is 0.317 e. The fraction of sp³-hybridized carbons (Fsp3) is 0.857. The number of ether oxygens (including phenoxy) is 1. The number of carbonyl (C=O) groups is 2. The highest BCUT2D eigenvalue weighted by Gasteiger charge is 2.39. The van der Waals surface area contributed by atoms with Crippen molar-refractivity contribution in [3.63, 3.8) is 0 Å². The second-order valence-electron chi connectivity index (χ2n) is 5.67. The number of carboxylic acid groups (broad SMARTS) is 1. The Kier molecular flexibility index (Phi) is 6.26. The summed E-state index contributed by atoms with van der Waals surface area (Å²) in [5.41, 5.74) is -0.245. The van der Waals surface area contributed by atoms with E-state index in [-0.39, 0.29) is 23.9 Å². The Bertz CT molecular complexity index is 342. The lowest BCUT2D eigenvalue weighted by Gasteiger charge is -2.41. The third kappa shape index (κ3) is 4.37. The molecule has 20 heavy (non-hydrogen) atoms. The number of nitrogens with zero attached hydrogens (tertiary/aromatic N) is 1. The molecule has 0 aromatic heterocycles. The molecule has 2 N–H and O–H groups in total. The van der Waals surface area contributed by atoms with Crippen LogP contribution in [0.15, 0.2) is 0 Å². The fourth-order valence-electron chi connectivity index (χ4n) is 2.76. The predicted molar refractivity (Wildman–Crippen MR) is 75.7 cm³/mol. The average molecular weight is 286 g/mol. The van der Waals surface area contributed by atoms with Gasteiger partial charge in [-0.3, -0.25) is 4.79 Å². The monoisotopic (exact) mass is 286 g/mol. The molecule has 1 fully saturated rings. The lowest BCUT2D eigenvalue weighted by molar-refractivity contribution is -0.141. The van der Waals surface area contributed by atoms with Gasteiger partial charge in [-0.25, -0.2) is 4.79 Å². The topological polar surface area (TPSA) is 78.9 Å². The van der Waals surface area contributed by atoms with Crippen LogP contribution in [-0.4, -0.2) is 54.9 Å². The summed E-state index contributed by atoms with van der Waals surface area (Å²) in [5, 5.41) is 11.8. The highest BCUT2D eigenvalue weighted by molar-refractivity contribution is 5.75. The second kappa shape index (κ2) is 7.47. The third-order valence-electron chi connectivity index (χ3n) is 4.10. The summed E-state index contributed by atoms with van der Waals surface area (Å²) in [6.07, 6.45) is 2.92. The van der Waals surface area contributed by atoms with Crippen molar-refractivity contribution in [2.24, 2.45) is 5.41 Å². The number of aliphatic carboxylic acids is 1. The van der Waals surface area contributed by atoms with Gasteiger partial charge in [-0.1, -0.05) is 6.42 Å². The molecule has 0 bridgehead atoms. The molecular formula is C14H26N2O4. The van der Waals surface area contributed by atoms with Crippen LogP contribution in [0.25, 0.3) is 0 Å². The Hall–Kier alpha value is -1.30. The van der Waals surface area contributed by atoms with Gasteiger partial charge in [0.1, 0.15) is 0 Å². The van der Waals surface area contributed by atoms with Gasteiger partial charge in [0.2, 0.25) is 0 Å². The highest BCUT2D eigenvalue weighted by atomic mass is 16.5. The first-order valence-electron chi connectivity index (χ1n) is 7.19. The van der Waals surface area contributed by atoms with Crippen molar-refractivity contribution in [1.82, 2.24) is 10.2 Å². The van der Waals surface area contributed by atoms with Gasteiger partial charge in [0.25, 0.3) is 0 Å². The van der Waals surface area contributed by atoms with E-state index in [1.165, 1.54) is 0 Å². The van der Waals surface area contributed by atoms with Gasteiger partial charge >= 0.3 is 12.0 Å². The van der Waals surface area contributed by atoms with E-state index < -0.39 is 5.97 Å². The van der Waals surface area contributed by atoms with Crippen LogP contribution in [-0.2, 0) is 9.53 Å². The number of carboxylic acids is 1. The van der Waals surface area contributed by atoms with Crippen molar-refractivity contribution in [3.05, 3.63) is 0 Å². The van der Waals surface area contributed by atoms with E-state index >= 15 is 0 Å². The zero-order valence-corrected chi connectivity index (χ0v) is 12.6. The summed E-state index contributed by atoms with van der Waals surface area (Å²) < 4.78 is 5.07. The van der Waals surface area contributed by atoms with Gasteiger partial charge in [-0.05, 0) is 32.1 Å². The van der Waals surface area contributed by atoms with Crippen LogP contribution in [0, 0.1) is 5.41 Å². The summed E-state index contributed by atoms with van der Waals surface area (Å²) in [5.74, 6) is -0.793. The zero-order valence-electron chi connectivity index (χ0n) is 12.6. The van der Waals surface area contributed by atoms with E-state index in [1.807, 2.05) is 13.8 Å². The normalized spacial score (nSPS) is 17.9. The molecule has 0 aromatic carbocycles. The molecule has 1 atom stereocenters. The van der Waals surface area contributed by atoms with E-state index in [9.17, 15) is 9.59 Å². The quantitative estimate of drug-likeness (QED) is 0.712. The predicted octanol–water partition coefficient (Wildman–Crippen LogP) is 1.70. The summed E-state index contributed by atoms with van der Waals surface area (Å²) >= 11 is 0. The SMILES string of the molecule is CCN(C(=O)NCC1(CC(=O)O)CCC1)C(C)COC. The maximum absolute atomic E-state index is 12.2. The molecule has 1 aliphatic rings. The molecule has 1 aliphatic carbocycles. The average Bonchev–Trinajstić information content (AvgIpc) is 2.33. The van der Waals surface area contributed by atoms with Crippen LogP contribution < -0.4 is 5.32 Å². The molecule has 0 aliphatic heterocycles. The summed E-state index contributed by atoms with van der Waals surface area (Å²) in [7, 11) is 1.61. The maximum atomic E-state index is 12.2. The summed E-state index contributed by atoms with van der Waals surface area (Å²) in [6, 6.07) is -0.143. The van der Waals surface area contributed by atoms with E-state index in [0.29, 0.717) is 19.7 Å². The van der Waals surface area contributed by atoms with Crippen LogP contribution in [0.5, 0.6) is 0 Å². The highest BCUT2D eigenvalue weighted by Crippen LogP contribution is 2.43. The lowest BCUT2D eigenvalue weighted by Crippen LogP contribution is -2.51. The van der Waals surface area contributed by atoms with Crippen molar-refractivity contribution >= 4 is 12.0 Å². The van der Waals surface area contributed by atoms with Crippen molar-refractivity contribution in [2.45, 2.75) is 45.6 Å². The Balaban J connectivity index is 2.50. The minimum atomic E-state index is -0.793. The number of likely N-dealkylation sites (N-methyl/N-ethyl adjacent to an activating group) is 1. The Morgan fingerprint density at radius 1 is 1.45 bits per heavy atom. The van der Waals surface area contributed by atoms with E-state index in [1.54, 1.807) is 12.0 Å². The number of amides is 2. The lowest BCUT2D eigenvalue weighted by atomic mass is 9.66. The van der Waals surface area contributed by atoms with Crippen LogP contribution >= 0.6 is 0 Å².